The van der Waals surface area contributed by atoms with Crippen LogP contribution in [-0.4, -0.2) is 49.7 Å². The zero-order chi connectivity index (χ0) is 19.4. The van der Waals surface area contributed by atoms with Crippen LogP contribution >= 0.6 is 0 Å². The first kappa shape index (κ1) is 19.0. The first-order valence-electron chi connectivity index (χ1n) is 9.22. The highest BCUT2D eigenvalue weighted by atomic mass is 16.5. The first-order chi connectivity index (χ1) is 12.9. The molecule has 0 amide bonds. The Kier molecular flexibility index (Phi) is 5.51. The SMILES string of the molecule is CCOc1ccc(C(=O)Oc2cccc3[nH]cc(CC[N+](C)(C)C)c23)cc1. The van der Waals surface area contributed by atoms with E-state index in [4.69, 9.17) is 9.47 Å². The number of rotatable bonds is 7. The third kappa shape index (κ3) is 4.68. The largest absolute Gasteiger partial charge is 0.494 e. The normalized spacial score (nSPS) is 11.6. The van der Waals surface area contributed by atoms with E-state index in [0.717, 1.165) is 39.7 Å². The standard InChI is InChI=1S/C22H27N2O3/c1-5-26-18-11-9-16(10-12-18)22(25)27-20-8-6-7-19-21(20)17(15-23-19)13-14-24(2,3)4/h6-12,15,23H,5,13-14H2,1-4H3/q+1. The fourth-order valence-corrected chi connectivity index (χ4v) is 2.97. The number of likely N-dealkylation sites (N-methyl/N-ethyl adjacent to an activating group) is 1. The molecule has 27 heavy (non-hydrogen) atoms. The van der Waals surface area contributed by atoms with Crippen molar-refractivity contribution < 1.29 is 18.8 Å². The highest BCUT2D eigenvalue weighted by Gasteiger charge is 2.16. The van der Waals surface area contributed by atoms with Crippen LogP contribution in [0.25, 0.3) is 10.9 Å². The lowest BCUT2D eigenvalue weighted by Gasteiger charge is -2.23. The van der Waals surface area contributed by atoms with Gasteiger partial charge in [0.05, 0.1) is 39.9 Å². The Morgan fingerprint density at radius 2 is 1.81 bits per heavy atom. The van der Waals surface area contributed by atoms with Crippen LogP contribution < -0.4 is 9.47 Å². The second-order valence-electron chi connectivity index (χ2n) is 7.60. The molecule has 3 rings (SSSR count). The van der Waals surface area contributed by atoms with E-state index < -0.39 is 0 Å². The average molecular weight is 367 g/mol. The number of aromatic nitrogens is 1. The van der Waals surface area contributed by atoms with Crippen LogP contribution in [0.15, 0.2) is 48.7 Å². The van der Waals surface area contributed by atoms with Gasteiger partial charge in [0.2, 0.25) is 0 Å². The maximum Gasteiger partial charge on any atom is 0.343 e. The molecule has 5 nitrogen and oxygen atoms in total. The van der Waals surface area contributed by atoms with E-state index in [2.05, 4.69) is 26.1 Å². The van der Waals surface area contributed by atoms with E-state index in [9.17, 15) is 4.79 Å². The van der Waals surface area contributed by atoms with Gasteiger partial charge in [-0.05, 0) is 48.9 Å². The van der Waals surface area contributed by atoms with Gasteiger partial charge in [0.1, 0.15) is 11.5 Å². The highest BCUT2D eigenvalue weighted by molar-refractivity contribution is 5.96. The average Bonchev–Trinajstić information content (AvgIpc) is 3.04. The Balaban J connectivity index is 1.83. The zero-order valence-electron chi connectivity index (χ0n) is 16.4. The number of fused-ring (bicyclic) bond motifs is 1. The third-order valence-corrected chi connectivity index (χ3v) is 4.40. The molecule has 0 aliphatic rings. The van der Waals surface area contributed by atoms with Crippen molar-refractivity contribution >= 4 is 16.9 Å². The number of H-pyrrole nitrogens is 1. The summed E-state index contributed by atoms with van der Waals surface area (Å²) in [7, 11) is 6.51. The monoisotopic (exact) mass is 367 g/mol. The minimum Gasteiger partial charge on any atom is -0.494 e. The van der Waals surface area contributed by atoms with Crippen LogP contribution in [-0.2, 0) is 6.42 Å². The number of benzene rings is 2. The Bertz CT molecular complexity index is 921. The van der Waals surface area contributed by atoms with Crippen molar-refractivity contribution in [1.82, 2.24) is 4.98 Å². The number of carbonyl (C=O) groups excluding carboxylic acids is 1. The number of hydrogen-bond donors (Lipinski definition) is 1. The number of aromatic amines is 1. The molecule has 0 saturated carbocycles. The fourth-order valence-electron chi connectivity index (χ4n) is 2.97. The molecule has 0 radical (unpaired) electrons. The Morgan fingerprint density at radius 1 is 1.07 bits per heavy atom. The van der Waals surface area contributed by atoms with Crippen molar-refractivity contribution in [3.8, 4) is 11.5 Å². The molecule has 5 heteroatoms. The number of carbonyl (C=O) groups is 1. The second kappa shape index (κ2) is 7.84. The van der Waals surface area contributed by atoms with E-state index in [1.807, 2.05) is 31.3 Å². The number of nitrogens with zero attached hydrogens (tertiary/aromatic N) is 1. The van der Waals surface area contributed by atoms with Gasteiger partial charge in [-0.25, -0.2) is 4.79 Å². The molecule has 2 aromatic carbocycles. The summed E-state index contributed by atoms with van der Waals surface area (Å²) in [6, 6.07) is 12.7. The van der Waals surface area contributed by atoms with Crippen LogP contribution in [0.5, 0.6) is 11.5 Å². The quantitative estimate of drug-likeness (QED) is 0.390. The van der Waals surface area contributed by atoms with Gasteiger partial charge in [-0.15, -0.1) is 0 Å². The third-order valence-electron chi connectivity index (χ3n) is 4.40. The molecule has 0 saturated heterocycles. The number of esters is 1. The molecule has 1 N–H and O–H groups in total. The summed E-state index contributed by atoms with van der Waals surface area (Å²) in [6.45, 7) is 3.51. The molecule has 0 fully saturated rings. The van der Waals surface area contributed by atoms with Crippen LogP contribution in [0, 0.1) is 0 Å². The van der Waals surface area contributed by atoms with Gasteiger partial charge in [-0.3, -0.25) is 0 Å². The first-order valence-corrected chi connectivity index (χ1v) is 9.22. The van der Waals surface area contributed by atoms with Gasteiger partial charge in [0, 0.05) is 23.5 Å². The van der Waals surface area contributed by atoms with Gasteiger partial charge >= 0.3 is 5.97 Å². The lowest BCUT2D eigenvalue weighted by atomic mass is 10.1. The molecule has 142 valence electrons. The number of quaternary nitrogens is 1. The zero-order valence-corrected chi connectivity index (χ0v) is 16.4. The molecule has 0 aliphatic heterocycles. The summed E-state index contributed by atoms with van der Waals surface area (Å²) in [6.07, 6.45) is 2.91. The summed E-state index contributed by atoms with van der Waals surface area (Å²) in [5.74, 6) is 0.956. The predicted molar refractivity (Wildman–Crippen MR) is 107 cm³/mol. The maximum absolute atomic E-state index is 12.6. The molecule has 0 unspecified atom stereocenters. The summed E-state index contributed by atoms with van der Waals surface area (Å²) < 4.78 is 12.0. The van der Waals surface area contributed by atoms with Gasteiger partial charge in [0.25, 0.3) is 0 Å². The van der Waals surface area contributed by atoms with E-state index in [1.54, 1.807) is 24.3 Å². The van der Waals surface area contributed by atoms with Gasteiger partial charge in [-0.2, -0.15) is 0 Å². The smallest absolute Gasteiger partial charge is 0.343 e. The second-order valence-corrected chi connectivity index (χ2v) is 7.60. The molecule has 0 atom stereocenters. The molecule has 0 bridgehead atoms. The summed E-state index contributed by atoms with van der Waals surface area (Å²) in [4.78, 5) is 15.9. The van der Waals surface area contributed by atoms with E-state index >= 15 is 0 Å². The molecule has 0 aliphatic carbocycles. The van der Waals surface area contributed by atoms with E-state index in [1.165, 1.54) is 0 Å². The van der Waals surface area contributed by atoms with Crippen molar-refractivity contribution in [1.29, 1.82) is 0 Å². The Morgan fingerprint density at radius 3 is 2.48 bits per heavy atom. The topological polar surface area (TPSA) is 51.3 Å². The summed E-state index contributed by atoms with van der Waals surface area (Å²) in [5.41, 5.74) is 2.63. The highest BCUT2D eigenvalue weighted by Crippen LogP contribution is 2.30. The molecule has 3 aromatic rings. The fraction of sp³-hybridized carbons (Fsp3) is 0.318. The van der Waals surface area contributed by atoms with Crippen molar-refractivity contribution in [2.75, 3.05) is 34.3 Å². The summed E-state index contributed by atoms with van der Waals surface area (Å²) in [5, 5.41) is 0.977. The molecular formula is C22H27N2O3+. The van der Waals surface area contributed by atoms with Crippen LogP contribution in [0.4, 0.5) is 0 Å². The molecule has 0 spiro atoms. The minimum absolute atomic E-state index is 0.371. The molecule has 1 aromatic heterocycles. The minimum atomic E-state index is -0.371. The number of nitrogens with one attached hydrogen (secondary N) is 1. The maximum atomic E-state index is 12.6. The van der Waals surface area contributed by atoms with Crippen molar-refractivity contribution in [2.45, 2.75) is 13.3 Å². The van der Waals surface area contributed by atoms with Crippen molar-refractivity contribution in [3.63, 3.8) is 0 Å². The Hall–Kier alpha value is -2.79. The number of ether oxygens (including phenoxy) is 2. The van der Waals surface area contributed by atoms with E-state index in [0.29, 0.717) is 17.9 Å². The van der Waals surface area contributed by atoms with Gasteiger partial charge in [0.15, 0.2) is 0 Å². The molecular weight excluding hydrogens is 340 g/mol. The van der Waals surface area contributed by atoms with Crippen LogP contribution in [0.3, 0.4) is 0 Å². The van der Waals surface area contributed by atoms with Crippen LogP contribution in [0.1, 0.15) is 22.8 Å². The lowest BCUT2D eigenvalue weighted by Crippen LogP contribution is -2.36. The Labute approximate surface area is 160 Å². The lowest BCUT2D eigenvalue weighted by molar-refractivity contribution is -0.870. The van der Waals surface area contributed by atoms with Crippen molar-refractivity contribution in [2.24, 2.45) is 0 Å². The van der Waals surface area contributed by atoms with Crippen molar-refractivity contribution in [3.05, 3.63) is 59.8 Å². The number of hydrogen-bond acceptors (Lipinski definition) is 3. The van der Waals surface area contributed by atoms with Gasteiger partial charge in [-0.1, -0.05) is 6.07 Å². The molecule has 1 heterocycles. The van der Waals surface area contributed by atoms with E-state index in [-0.39, 0.29) is 5.97 Å². The van der Waals surface area contributed by atoms with Crippen LogP contribution in [0.2, 0.25) is 0 Å². The summed E-state index contributed by atoms with van der Waals surface area (Å²) >= 11 is 0. The predicted octanol–water partition coefficient (Wildman–Crippen LogP) is 4.03. The van der Waals surface area contributed by atoms with Gasteiger partial charge < -0.3 is 18.9 Å².